The molecule has 3 aromatic rings. The van der Waals surface area contributed by atoms with Crippen LogP contribution in [0.5, 0.6) is 0 Å². The molecule has 0 fully saturated rings. The van der Waals surface area contributed by atoms with Crippen LogP contribution in [0, 0.1) is 12.7 Å². The van der Waals surface area contributed by atoms with Crippen LogP contribution in [0.15, 0.2) is 36.7 Å². The van der Waals surface area contributed by atoms with Crippen LogP contribution in [0.3, 0.4) is 0 Å². The van der Waals surface area contributed by atoms with Crippen molar-refractivity contribution in [1.29, 1.82) is 0 Å². The third-order valence-corrected chi connectivity index (χ3v) is 3.87. The van der Waals surface area contributed by atoms with Gasteiger partial charge in [-0.3, -0.25) is 0 Å². The van der Waals surface area contributed by atoms with Crippen molar-refractivity contribution in [3.8, 4) is 21.8 Å². The molecule has 0 radical (unpaired) electrons. The maximum atomic E-state index is 12.9. The molecule has 0 aliphatic rings. The summed E-state index contributed by atoms with van der Waals surface area (Å²) in [6.45, 7) is 1.90. The van der Waals surface area contributed by atoms with Gasteiger partial charge in [-0.15, -0.1) is 0 Å². The van der Waals surface area contributed by atoms with Crippen molar-refractivity contribution in [2.75, 3.05) is 5.73 Å². The van der Waals surface area contributed by atoms with E-state index in [-0.39, 0.29) is 5.82 Å². The van der Waals surface area contributed by atoms with E-state index in [1.807, 2.05) is 6.92 Å². The molecular formula is C14H11FN4S. The van der Waals surface area contributed by atoms with Crippen molar-refractivity contribution < 1.29 is 4.39 Å². The van der Waals surface area contributed by atoms with Crippen LogP contribution in [0.2, 0.25) is 0 Å². The van der Waals surface area contributed by atoms with Crippen LogP contribution in [0.25, 0.3) is 21.8 Å². The van der Waals surface area contributed by atoms with E-state index < -0.39 is 0 Å². The second kappa shape index (κ2) is 4.97. The fraction of sp³-hybridized carbons (Fsp3) is 0.0714. The second-order valence-corrected chi connectivity index (χ2v) is 5.30. The van der Waals surface area contributed by atoms with E-state index >= 15 is 0 Å². The molecule has 1 aromatic carbocycles. The summed E-state index contributed by atoms with van der Waals surface area (Å²) in [6.07, 6.45) is 3.46. The number of hydrogen-bond acceptors (Lipinski definition) is 5. The number of hydrogen-bond donors (Lipinski definition) is 1. The number of benzene rings is 1. The molecule has 0 atom stereocenters. The van der Waals surface area contributed by atoms with Crippen LogP contribution in [-0.4, -0.2) is 15.0 Å². The number of thiazole rings is 1. The van der Waals surface area contributed by atoms with Gasteiger partial charge in [0.2, 0.25) is 0 Å². The third kappa shape index (κ3) is 2.37. The lowest BCUT2D eigenvalue weighted by atomic mass is 10.2. The highest BCUT2D eigenvalue weighted by Crippen LogP contribution is 2.30. The number of anilines is 1. The fourth-order valence-electron chi connectivity index (χ4n) is 1.88. The largest absolute Gasteiger partial charge is 0.375 e. The summed E-state index contributed by atoms with van der Waals surface area (Å²) in [4.78, 5) is 13.8. The second-order valence-electron chi connectivity index (χ2n) is 4.27. The Balaban J connectivity index is 1.95. The molecule has 0 unspecified atom stereocenters. The number of nitrogens with zero attached hydrogens (tertiary/aromatic N) is 3. The van der Waals surface area contributed by atoms with Crippen molar-refractivity contribution in [2.24, 2.45) is 0 Å². The zero-order valence-electron chi connectivity index (χ0n) is 10.7. The van der Waals surface area contributed by atoms with E-state index in [2.05, 4.69) is 15.0 Å². The van der Waals surface area contributed by atoms with Gasteiger partial charge in [-0.25, -0.2) is 19.3 Å². The molecule has 20 heavy (non-hydrogen) atoms. The molecule has 100 valence electrons. The van der Waals surface area contributed by atoms with Crippen LogP contribution < -0.4 is 5.73 Å². The minimum Gasteiger partial charge on any atom is -0.375 e. The zero-order chi connectivity index (χ0) is 14.1. The highest BCUT2D eigenvalue weighted by Gasteiger charge is 2.09. The maximum absolute atomic E-state index is 12.9. The molecular weight excluding hydrogens is 275 g/mol. The molecule has 4 nitrogen and oxygen atoms in total. The van der Waals surface area contributed by atoms with E-state index in [1.165, 1.54) is 23.5 Å². The summed E-state index contributed by atoms with van der Waals surface area (Å²) < 4.78 is 12.9. The predicted molar refractivity (Wildman–Crippen MR) is 77.7 cm³/mol. The quantitative estimate of drug-likeness (QED) is 0.785. The Bertz CT molecular complexity index is 735. The van der Waals surface area contributed by atoms with E-state index in [1.54, 1.807) is 24.5 Å². The van der Waals surface area contributed by atoms with Gasteiger partial charge in [-0.2, -0.15) is 0 Å². The first kappa shape index (κ1) is 12.7. The first-order valence-corrected chi connectivity index (χ1v) is 6.76. The van der Waals surface area contributed by atoms with Crippen molar-refractivity contribution in [3.05, 3.63) is 48.2 Å². The van der Waals surface area contributed by atoms with Gasteiger partial charge in [0, 0.05) is 23.5 Å². The van der Waals surface area contributed by atoms with Crippen LogP contribution in [0.4, 0.5) is 9.52 Å². The minimum absolute atomic E-state index is 0.277. The fourth-order valence-corrected chi connectivity index (χ4v) is 2.69. The van der Waals surface area contributed by atoms with Gasteiger partial charge in [0.15, 0.2) is 11.0 Å². The Morgan fingerprint density at radius 3 is 2.25 bits per heavy atom. The summed E-state index contributed by atoms with van der Waals surface area (Å²) in [5, 5.41) is 0.528. The Labute approximate surface area is 119 Å². The Morgan fingerprint density at radius 1 is 1.05 bits per heavy atom. The summed E-state index contributed by atoms with van der Waals surface area (Å²) >= 11 is 1.41. The first-order valence-electron chi connectivity index (χ1n) is 5.95. The Kier molecular flexibility index (Phi) is 3.15. The van der Waals surface area contributed by atoms with E-state index in [0.717, 1.165) is 21.7 Å². The minimum atomic E-state index is -0.277. The highest BCUT2D eigenvalue weighted by atomic mass is 32.1. The van der Waals surface area contributed by atoms with Crippen molar-refractivity contribution in [1.82, 2.24) is 15.0 Å². The van der Waals surface area contributed by atoms with Crippen LogP contribution >= 0.6 is 11.3 Å². The molecule has 3 rings (SSSR count). The molecule has 2 aromatic heterocycles. The van der Waals surface area contributed by atoms with Gasteiger partial charge in [-0.1, -0.05) is 11.3 Å². The zero-order valence-corrected chi connectivity index (χ0v) is 11.5. The van der Waals surface area contributed by atoms with Crippen LogP contribution in [0.1, 0.15) is 5.69 Å². The number of rotatable bonds is 2. The molecule has 2 N–H and O–H groups in total. The molecule has 0 saturated heterocycles. The average Bonchev–Trinajstić information content (AvgIpc) is 2.79. The first-order chi connectivity index (χ1) is 9.63. The average molecular weight is 286 g/mol. The molecule has 0 amide bonds. The monoisotopic (exact) mass is 286 g/mol. The van der Waals surface area contributed by atoms with E-state index in [0.29, 0.717) is 11.0 Å². The van der Waals surface area contributed by atoms with Crippen molar-refractivity contribution in [2.45, 2.75) is 6.92 Å². The van der Waals surface area contributed by atoms with Crippen LogP contribution in [-0.2, 0) is 0 Å². The molecule has 0 aliphatic carbocycles. The summed E-state index contributed by atoms with van der Waals surface area (Å²) in [5.74, 6) is 0.282. The molecule has 2 heterocycles. The molecule has 0 saturated carbocycles. The van der Waals surface area contributed by atoms with Gasteiger partial charge >= 0.3 is 0 Å². The Hall–Kier alpha value is -2.34. The lowest BCUT2D eigenvalue weighted by Gasteiger charge is -2.02. The van der Waals surface area contributed by atoms with Gasteiger partial charge in [0.1, 0.15) is 5.82 Å². The topological polar surface area (TPSA) is 64.7 Å². The highest BCUT2D eigenvalue weighted by molar-refractivity contribution is 7.18. The molecule has 0 bridgehead atoms. The normalized spacial score (nSPS) is 10.7. The number of nitrogens with two attached hydrogens (primary N) is 1. The third-order valence-electron chi connectivity index (χ3n) is 2.83. The van der Waals surface area contributed by atoms with Gasteiger partial charge in [-0.05, 0) is 31.2 Å². The number of nitrogen functional groups attached to an aromatic ring is 1. The molecule has 6 heteroatoms. The SMILES string of the molecule is Cc1nc(N)sc1-c1cnc(-c2ccc(F)cc2)nc1. The van der Waals surface area contributed by atoms with E-state index in [4.69, 9.17) is 5.73 Å². The maximum Gasteiger partial charge on any atom is 0.180 e. The molecule has 0 aliphatic heterocycles. The number of aromatic nitrogens is 3. The van der Waals surface area contributed by atoms with Crippen molar-refractivity contribution >= 4 is 16.5 Å². The summed E-state index contributed by atoms with van der Waals surface area (Å²) in [6, 6.07) is 6.09. The van der Waals surface area contributed by atoms with Gasteiger partial charge in [0.25, 0.3) is 0 Å². The van der Waals surface area contributed by atoms with Gasteiger partial charge in [0.05, 0.1) is 10.6 Å². The van der Waals surface area contributed by atoms with Crippen molar-refractivity contribution in [3.63, 3.8) is 0 Å². The van der Waals surface area contributed by atoms with E-state index in [9.17, 15) is 4.39 Å². The predicted octanol–water partition coefficient (Wildman–Crippen LogP) is 3.30. The number of halogens is 1. The van der Waals surface area contributed by atoms with Gasteiger partial charge < -0.3 is 5.73 Å². The standard InChI is InChI=1S/C14H11FN4S/c1-8-12(20-14(16)19-8)10-6-17-13(18-7-10)9-2-4-11(15)5-3-9/h2-7H,1H3,(H2,16,19). The smallest absolute Gasteiger partial charge is 0.180 e. The summed E-state index contributed by atoms with van der Waals surface area (Å²) in [7, 11) is 0. The summed E-state index contributed by atoms with van der Waals surface area (Å²) in [5.41, 5.74) is 8.20. The molecule has 0 spiro atoms. The Morgan fingerprint density at radius 2 is 1.70 bits per heavy atom. The lowest BCUT2D eigenvalue weighted by Crippen LogP contribution is -1.90. The number of aryl methyl sites for hydroxylation is 1. The lowest BCUT2D eigenvalue weighted by molar-refractivity contribution is 0.628.